The fourth-order valence-corrected chi connectivity index (χ4v) is 2.69. The molecule has 0 unspecified atom stereocenters. The van der Waals surface area contributed by atoms with Crippen molar-refractivity contribution in [2.75, 3.05) is 13.6 Å². The summed E-state index contributed by atoms with van der Waals surface area (Å²) in [5.41, 5.74) is 4.04. The molecule has 1 heterocycles. The molecule has 0 aliphatic heterocycles. The van der Waals surface area contributed by atoms with Crippen LogP contribution in [0, 0.1) is 6.92 Å². The van der Waals surface area contributed by atoms with Gasteiger partial charge in [-0.25, -0.2) is 0 Å². The summed E-state index contributed by atoms with van der Waals surface area (Å²) in [4.78, 5) is 24.3. The van der Waals surface area contributed by atoms with Crippen LogP contribution >= 0.6 is 0 Å². The lowest BCUT2D eigenvalue weighted by Crippen LogP contribution is -2.30. The van der Waals surface area contributed by atoms with Crippen LogP contribution in [0.4, 0.5) is 0 Å². The molecule has 0 atom stereocenters. The highest BCUT2D eigenvalue weighted by Gasteiger charge is 2.16. The molecule has 0 aliphatic rings. The van der Waals surface area contributed by atoms with Crippen LogP contribution in [0.3, 0.4) is 0 Å². The van der Waals surface area contributed by atoms with Gasteiger partial charge in [0, 0.05) is 24.5 Å². The summed E-state index contributed by atoms with van der Waals surface area (Å²) < 4.78 is 5.58. The molecular formula is C18H23NO4. The molecule has 5 heteroatoms. The third-order valence-corrected chi connectivity index (χ3v) is 4.09. The number of aryl methyl sites for hydroxylation is 1. The molecule has 124 valence electrons. The number of likely N-dealkylation sites (N-methyl/N-ethyl adjacent to an activating group) is 1. The normalized spacial score (nSPS) is 11.2. The first kappa shape index (κ1) is 17.1. The van der Waals surface area contributed by atoms with Crippen molar-refractivity contribution in [2.45, 2.75) is 39.5 Å². The van der Waals surface area contributed by atoms with Crippen molar-refractivity contribution in [3.05, 3.63) is 35.1 Å². The minimum absolute atomic E-state index is 0.0505. The highest BCUT2D eigenvalue weighted by Crippen LogP contribution is 2.29. The molecule has 0 aliphatic carbocycles. The zero-order valence-electron chi connectivity index (χ0n) is 14.0. The summed E-state index contributed by atoms with van der Waals surface area (Å²) in [6.45, 7) is 6.54. The quantitative estimate of drug-likeness (QED) is 0.887. The van der Waals surface area contributed by atoms with Crippen molar-refractivity contribution in [2.24, 2.45) is 0 Å². The molecule has 2 rings (SSSR count). The van der Waals surface area contributed by atoms with Gasteiger partial charge in [0.1, 0.15) is 5.58 Å². The van der Waals surface area contributed by atoms with E-state index in [4.69, 9.17) is 9.52 Å². The number of hydrogen-bond acceptors (Lipinski definition) is 3. The molecular weight excluding hydrogens is 294 g/mol. The number of fused-ring (bicyclic) bond motifs is 1. The molecule has 0 fully saturated rings. The lowest BCUT2D eigenvalue weighted by molar-refractivity contribution is -0.138. The zero-order chi connectivity index (χ0) is 17.1. The number of rotatable bonds is 6. The van der Waals surface area contributed by atoms with Gasteiger partial charge in [-0.05, 0) is 36.1 Å². The van der Waals surface area contributed by atoms with E-state index in [1.54, 1.807) is 13.3 Å². The average molecular weight is 317 g/mol. The fourth-order valence-electron chi connectivity index (χ4n) is 2.69. The topological polar surface area (TPSA) is 70.8 Å². The van der Waals surface area contributed by atoms with Gasteiger partial charge in [0.25, 0.3) is 0 Å². The summed E-state index contributed by atoms with van der Waals surface area (Å²) in [6.07, 6.45) is 1.78. The fraction of sp³-hybridized carbons (Fsp3) is 0.444. The molecule has 5 nitrogen and oxygen atoms in total. The van der Waals surface area contributed by atoms with E-state index < -0.39 is 5.97 Å². The monoisotopic (exact) mass is 317 g/mol. The number of aliphatic carboxylic acids is 1. The summed E-state index contributed by atoms with van der Waals surface area (Å²) >= 11 is 0. The Labute approximate surface area is 135 Å². The maximum Gasteiger partial charge on any atom is 0.305 e. The highest BCUT2D eigenvalue weighted by atomic mass is 16.4. The molecule has 1 N–H and O–H groups in total. The van der Waals surface area contributed by atoms with E-state index >= 15 is 0 Å². The van der Waals surface area contributed by atoms with Crippen LogP contribution in [-0.2, 0) is 16.0 Å². The van der Waals surface area contributed by atoms with Gasteiger partial charge in [-0.15, -0.1) is 0 Å². The van der Waals surface area contributed by atoms with Gasteiger partial charge in [-0.1, -0.05) is 13.8 Å². The Balaban J connectivity index is 2.21. The SMILES string of the molecule is Cc1cc2occ(CC(=O)N(C)CCC(=O)O)c2cc1C(C)C. The second-order valence-electron chi connectivity index (χ2n) is 6.26. The van der Waals surface area contributed by atoms with E-state index in [2.05, 4.69) is 26.8 Å². The maximum atomic E-state index is 12.2. The van der Waals surface area contributed by atoms with Gasteiger partial charge in [0.2, 0.25) is 5.91 Å². The van der Waals surface area contributed by atoms with Crippen LogP contribution in [0.25, 0.3) is 11.0 Å². The van der Waals surface area contributed by atoms with Crippen LogP contribution in [0.15, 0.2) is 22.8 Å². The number of benzene rings is 1. The van der Waals surface area contributed by atoms with Gasteiger partial charge in [0.05, 0.1) is 19.1 Å². The predicted octanol–water partition coefficient (Wildman–Crippen LogP) is 3.34. The Hall–Kier alpha value is -2.30. The number of furan rings is 1. The van der Waals surface area contributed by atoms with Crippen molar-refractivity contribution >= 4 is 22.8 Å². The lowest BCUT2D eigenvalue weighted by Gasteiger charge is -2.15. The molecule has 0 radical (unpaired) electrons. The molecule has 1 amide bonds. The van der Waals surface area contributed by atoms with Crippen LogP contribution in [-0.4, -0.2) is 35.5 Å². The van der Waals surface area contributed by atoms with Crippen molar-refractivity contribution in [3.8, 4) is 0 Å². The third kappa shape index (κ3) is 3.92. The number of amides is 1. The summed E-state index contributed by atoms with van der Waals surface area (Å²) in [6, 6.07) is 4.10. The first-order valence-electron chi connectivity index (χ1n) is 7.76. The lowest BCUT2D eigenvalue weighted by atomic mass is 9.95. The van der Waals surface area contributed by atoms with Gasteiger partial charge < -0.3 is 14.4 Å². The largest absolute Gasteiger partial charge is 0.481 e. The molecule has 2 aromatic rings. The van der Waals surface area contributed by atoms with E-state index in [0.29, 0.717) is 5.92 Å². The van der Waals surface area contributed by atoms with Crippen molar-refractivity contribution in [3.63, 3.8) is 0 Å². The Morgan fingerprint density at radius 1 is 1.30 bits per heavy atom. The van der Waals surface area contributed by atoms with E-state index in [1.165, 1.54) is 16.0 Å². The van der Waals surface area contributed by atoms with Gasteiger partial charge in [-0.2, -0.15) is 0 Å². The molecule has 0 saturated carbocycles. The standard InChI is InChI=1S/C18H23NO4/c1-11(2)14-9-15-13(10-23-16(15)7-12(14)3)8-17(20)19(4)6-5-18(21)22/h7,9-11H,5-6,8H2,1-4H3,(H,21,22). The number of hydrogen-bond donors (Lipinski definition) is 1. The van der Waals surface area contributed by atoms with Crippen LogP contribution < -0.4 is 0 Å². The van der Waals surface area contributed by atoms with E-state index in [1.807, 2.05) is 6.07 Å². The van der Waals surface area contributed by atoms with Gasteiger partial charge >= 0.3 is 5.97 Å². The molecule has 0 saturated heterocycles. The van der Waals surface area contributed by atoms with Gasteiger partial charge in [0.15, 0.2) is 0 Å². The Morgan fingerprint density at radius 2 is 2.00 bits per heavy atom. The molecule has 23 heavy (non-hydrogen) atoms. The first-order valence-corrected chi connectivity index (χ1v) is 7.76. The second-order valence-corrected chi connectivity index (χ2v) is 6.26. The van der Waals surface area contributed by atoms with E-state index in [9.17, 15) is 9.59 Å². The van der Waals surface area contributed by atoms with Crippen LogP contribution in [0.5, 0.6) is 0 Å². The number of carboxylic acids is 1. The summed E-state index contributed by atoms with van der Waals surface area (Å²) in [5, 5.41) is 9.66. The van der Waals surface area contributed by atoms with Crippen molar-refractivity contribution in [1.29, 1.82) is 0 Å². The number of nitrogens with zero attached hydrogens (tertiary/aromatic N) is 1. The number of carboxylic acid groups (broad SMARTS) is 1. The molecule has 1 aromatic carbocycles. The Morgan fingerprint density at radius 3 is 2.61 bits per heavy atom. The van der Waals surface area contributed by atoms with Crippen molar-refractivity contribution in [1.82, 2.24) is 4.90 Å². The molecule has 0 spiro atoms. The minimum atomic E-state index is -0.907. The number of carbonyl (C=O) groups excluding carboxylic acids is 1. The Bertz CT molecular complexity index is 730. The third-order valence-electron chi connectivity index (χ3n) is 4.09. The maximum absolute atomic E-state index is 12.2. The molecule has 0 bridgehead atoms. The first-order chi connectivity index (χ1) is 10.8. The van der Waals surface area contributed by atoms with E-state index in [-0.39, 0.29) is 25.3 Å². The molecule has 1 aromatic heterocycles. The summed E-state index contributed by atoms with van der Waals surface area (Å²) in [5.74, 6) is -0.618. The Kier molecular flexibility index (Phi) is 5.08. The predicted molar refractivity (Wildman–Crippen MR) is 88.6 cm³/mol. The van der Waals surface area contributed by atoms with E-state index in [0.717, 1.165) is 16.5 Å². The zero-order valence-corrected chi connectivity index (χ0v) is 14.0. The average Bonchev–Trinajstić information content (AvgIpc) is 2.85. The highest BCUT2D eigenvalue weighted by molar-refractivity contribution is 5.88. The van der Waals surface area contributed by atoms with Crippen LogP contribution in [0.2, 0.25) is 0 Å². The van der Waals surface area contributed by atoms with Crippen molar-refractivity contribution < 1.29 is 19.1 Å². The number of carbonyl (C=O) groups is 2. The second kappa shape index (κ2) is 6.86. The smallest absolute Gasteiger partial charge is 0.305 e. The van der Waals surface area contributed by atoms with Gasteiger partial charge in [-0.3, -0.25) is 9.59 Å². The minimum Gasteiger partial charge on any atom is -0.481 e. The van der Waals surface area contributed by atoms with Crippen LogP contribution in [0.1, 0.15) is 42.9 Å². The summed E-state index contributed by atoms with van der Waals surface area (Å²) in [7, 11) is 1.62.